The molecule has 0 saturated heterocycles. The van der Waals surface area contributed by atoms with Crippen LogP contribution in [0.15, 0.2) is 72.9 Å². The molecule has 0 aliphatic carbocycles. The molecule has 4 nitrogen and oxygen atoms in total. The first-order valence-electron chi connectivity index (χ1n) is 17.9. The second-order valence-corrected chi connectivity index (χ2v) is 11.8. The highest BCUT2D eigenvalue weighted by Crippen LogP contribution is 2.14. The van der Waals surface area contributed by atoms with Gasteiger partial charge in [0.1, 0.15) is 0 Å². The minimum Gasteiger partial charge on any atom is -0.481 e. The van der Waals surface area contributed by atoms with Crippen LogP contribution in [0, 0.1) is 0 Å². The Morgan fingerprint density at radius 1 is 0.523 bits per heavy atom. The largest absolute Gasteiger partial charge is 0.481 e. The summed E-state index contributed by atoms with van der Waals surface area (Å²) < 4.78 is 5.58. The normalized spacial score (nSPS) is 13.1. The van der Waals surface area contributed by atoms with Gasteiger partial charge in [0, 0.05) is 12.8 Å². The van der Waals surface area contributed by atoms with Crippen molar-refractivity contribution in [3.8, 4) is 0 Å². The molecule has 0 saturated carbocycles. The highest BCUT2D eigenvalue weighted by molar-refractivity contribution is 5.69. The first-order valence-corrected chi connectivity index (χ1v) is 17.9. The molecule has 0 aromatic heterocycles. The summed E-state index contributed by atoms with van der Waals surface area (Å²) in [5.74, 6) is -0.761. The molecule has 0 fully saturated rings. The fourth-order valence-corrected chi connectivity index (χ4v) is 4.84. The lowest BCUT2D eigenvalue weighted by Gasteiger charge is -2.12. The van der Waals surface area contributed by atoms with Gasteiger partial charge in [-0.1, -0.05) is 150 Å². The van der Waals surface area contributed by atoms with Gasteiger partial charge in [-0.3, -0.25) is 9.59 Å². The van der Waals surface area contributed by atoms with Gasteiger partial charge in [0.05, 0.1) is 6.10 Å². The van der Waals surface area contributed by atoms with Gasteiger partial charge in [-0.2, -0.15) is 0 Å². The molecule has 1 atom stereocenters. The van der Waals surface area contributed by atoms with Crippen molar-refractivity contribution >= 4 is 11.9 Å². The van der Waals surface area contributed by atoms with Gasteiger partial charge in [0.25, 0.3) is 0 Å². The Balaban J connectivity index is 3.52. The van der Waals surface area contributed by atoms with E-state index in [1.54, 1.807) is 0 Å². The van der Waals surface area contributed by atoms with Crippen LogP contribution in [0.5, 0.6) is 0 Å². The molecule has 0 aliphatic rings. The van der Waals surface area contributed by atoms with Crippen LogP contribution in [-0.2, 0) is 14.3 Å². The summed E-state index contributed by atoms with van der Waals surface area (Å²) in [6.45, 7) is 4.17. The van der Waals surface area contributed by atoms with Crippen molar-refractivity contribution in [2.24, 2.45) is 0 Å². The molecule has 0 rings (SSSR count). The Morgan fingerprint density at radius 2 is 0.886 bits per heavy atom. The van der Waals surface area contributed by atoms with Crippen LogP contribution >= 0.6 is 0 Å². The van der Waals surface area contributed by atoms with Crippen LogP contribution in [0.4, 0.5) is 0 Å². The Morgan fingerprint density at radius 3 is 1.30 bits per heavy atom. The van der Waals surface area contributed by atoms with Crippen LogP contribution in [0.3, 0.4) is 0 Å². The van der Waals surface area contributed by atoms with E-state index in [2.05, 4.69) is 79.8 Å². The van der Waals surface area contributed by atoms with E-state index in [0.717, 1.165) is 70.6 Å². The first kappa shape index (κ1) is 41.4. The van der Waals surface area contributed by atoms with Crippen LogP contribution in [0.2, 0.25) is 0 Å². The maximum atomic E-state index is 12.1. The molecule has 0 aliphatic heterocycles. The van der Waals surface area contributed by atoms with Gasteiger partial charge in [-0.05, 0) is 71.1 Å². The average molecular weight is 611 g/mol. The molecule has 1 N–H and O–H groups in total. The summed E-state index contributed by atoms with van der Waals surface area (Å²) in [4.78, 5) is 22.6. The van der Waals surface area contributed by atoms with Crippen molar-refractivity contribution in [1.29, 1.82) is 0 Å². The van der Waals surface area contributed by atoms with E-state index in [1.807, 2.05) is 6.92 Å². The molecular weight excluding hydrogens is 544 g/mol. The minimum absolute atomic E-state index is 0.0110. The molecule has 0 aromatic rings. The molecule has 250 valence electrons. The standard InChI is InChI=1S/C40H66O4/c1-3-4-5-6-7-8-9-10-11-12-13-14-15-19-22-25-28-31-34-37-40(43)44-38(2)35-32-29-26-23-20-17-16-18-21-24-27-30-33-36-39(41)42/h4-5,7-8,10-11,13-14,19,22,28,31,38H,3,6,9,12,15-18,20-21,23-27,29-30,32-37H2,1-2H3,(H,41,42)/b5-4-,8-7-,11-10-,14-13-,22-19-,31-28-. The van der Waals surface area contributed by atoms with Gasteiger partial charge in [-0.25, -0.2) is 0 Å². The summed E-state index contributed by atoms with van der Waals surface area (Å²) in [6, 6.07) is 0. The van der Waals surface area contributed by atoms with Crippen molar-refractivity contribution in [3.05, 3.63) is 72.9 Å². The fraction of sp³-hybridized carbons (Fsp3) is 0.650. The second kappa shape index (κ2) is 34.9. The van der Waals surface area contributed by atoms with Crippen molar-refractivity contribution in [2.75, 3.05) is 0 Å². The number of esters is 1. The molecular formula is C40H66O4. The van der Waals surface area contributed by atoms with Crippen molar-refractivity contribution in [2.45, 2.75) is 168 Å². The molecule has 0 bridgehead atoms. The molecule has 1 unspecified atom stereocenters. The zero-order valence-electron chi connectivity index (χ0n) is 28.4. The highest BCUT2D eigenvalue weighted by atomic mass is 16.5. The van der Waals surface area contributed by atoms with E-state index in [4.69, 9.17) is 9.84 Å². The van der Waals surface area contributed by atoms with E-state index >= 15 is 0 Å². The monoisotopic (exact) mass is 610 g/mol. The van der Waals surface area contributed by atoms with Crippen molar-refractivity contribution in [3.63, 3.8) is 0 Å². The lowest BCUT2D eigenvalue weighted by Crippen LogP contribution is -2.14. The van der Waals surface area contributed by atoms with Gasteiger partial charge < -0.3 is 9.84 Å². The van der Waals surface area contributed by atoms with Gasteiger partial charge in [0.15, 0.2) is 0 Å². The van der Waals surface area contributed by atoms with Crippen molar-refractivity contribution in [1.82, 2.24) is 0 Å². The lowest BCUT2D eigenvalue weighted by atomic mass is 10.0. The van der Waals surface area contributed by atoms with E-state index in [-0.39, 0.29) is 12.1 Å². The SMILES string of the molecule is CC/C=C\C/C=C\C/C=C\C/C=C\C/C=C\C/C=C\CCC(=O)OC(C)CCCCCCCCCCCCCCCC(=O)O. The minimum atomic E-state index is -0.675. The summed E-state index contributed by atoms with van der Waals surface area (Å²) >= 11 is 0. The quantitative estimate of drug-likeness (QED) is 0.0482. The van der Waals surface area contributed by atoms with Crippen LogP contribution in [0.25, 0.3) is 0 Å². The molecule has 0 amide bonds. The summed E-state index contributed by atoms with van der Waals surface area (Å²) in [5, 5.41) is 8.64. The average Bonchev–Trinajstić information content (AvgIpc) is 3.00. The number of carbonyl (C=O) groups is 2. The number of ether oxygens (including phenoxy) is 1. The molecule has 0 aromatic carbocycles. The maximum absolute atomic E-state index is 12.1. The predicted octanol–water partition coefficient (Wildman–Crippen LogP) is 12.3. The van der Waals surface area contributed by atoms with Gasteiger partial charge >= 0.3 is 11.9 Å². The summed E-state index contributed by atoms with van der Waals surface area (Å²) in [6.07, 6.45) is 50.5. The number of unbranched alkanes of at least 4 members (excludes halogenated alkanes) is 12. The van der Waals surface area contributed by atoms with E-state index in [1.165, 1.54) is 64.2 Å². The number of aliphatic carboxylic acids is 1. The third kappa shape index (κ3) is 35.6. The van der Waals surface area contributed by atoms with Crippen LogP contribution in [0.1, 0.15) is 162 Å². The van der Waals surface area contributed by atoms with Gasteiger partial charge in [0.2, 0.25) is 0 Å². The molecule has 4 heteroatoms. The number of hydrogen-bond acceptors (Lipinski definition) is 3. The maximum Gasteiger partial charge on any atom is 0.306 e. The molecule has 0 heterocycles. The first-order chi connectivity index (χ1) is 21.6. The fourth-order valence-electron chi connectivity index (χ4n) is 4.84. The highest BCUT2D eigenvalue weighted by Gasteiger charge is 2.08. The topological polar surface area (TPSA) is 63.6 Å². The van der Waals surface area contributed by atoms with Crippen LogP contribution in [-0.4, -0.2) is 23.1 Å². The number of allylic oxidation sites excluding steroid dienone is 12. The Hall–Kier alpha value is -2.62. The smallest absolute Gasteiger partial charge is 0.306 e. The summed E-state index contributed by atoms with van der Waals surface area (Å²) in [5.41, 5.74) is 0. The molecule has 44 heavy (non-hydrogen) atoms. The number of hydrogen-bond donors (Lipinski definition) is 1. The van der Waals surface area contributed by atoms with E-state index in [9.17, 15) is 9.59 Å². The summed E-state index contributed by atoms with van der Waals surface area (Å²) in [7, 11) is 0. The number of carbonyl (C=O) groups excluding carboxylic acids is 1. The van der Waals surface area contributed by atoms with Crippen LogP contribution < -0.4 is 0 Å². The molecule has 0 radical (unpaired) electrons. The Bertz CT molecular complexity index is 830. The van der Waals surface area contributed by atoms with E-state index < -0.39 is 5.97 Å². The number of carboxylic acids is 1. The zero-order chi connectivity index (χ0) is 32.2. The van der Waals surface area contributed by atoms with Gasteiger partial charge in [-0.15, -0.1) is 0 Å². The third-order valence-corrected chi connectivity index (χ3v) is 7.45. The second-order valence-electron chi connectivity index (χ2n) is 11.8. The zero-order valence-corrected chi connectivity index (χ0v) is 28.4. The number of rotatable bonds is 31. The van der Waals surface area contributed by atoms with E-state index in [0.29, 0.717) is 12.8 Å². The number of carboxylic acid groups (broad SMARTS) is 1. The third-order valence-electron chi connectivity index (χ3n) is 7.45. The predicted molar refractivity (Wildman–Crippen MR) is 190 cm³/mol. The molecule has 0 spiro atoms. The Kier molecular flexibility index (Phi) is 32.8. The lowest BCUT2D eigenvalue weighted by molar-refractivity contribution is -0.148. The van der Waals surface area contributed by atoms with Crippen molar-refractivity contribution < 1.29 is 19.4 Å². The Labute approximate surface area is 271 Å².